The molecule has 0 radical (unpaired) electrons. The van der Waals surface area contributed by atoms with Crippen LogP contribution in [0.3, 0.4) is 0 Å². The van der Waals surface area contributed by atoms with E-state index in [-0.39, 0.29) is 51.3 Å². The van der Waals surface area contributed by atoms with Gasteiger partial charge in [0.2, 0.25) is 0 Å². The first-order valence-corrected chi connectivity index (χ1v) is 11.3. The van der Waals surface area contributed by atoms with Gasteiger partial charge in [-0.2, -0.15) is 0 Å². The molecule has 0 fully saturated rings. The van der Waals surface area contributed by atoms with Gasteiger partial charge in [-0.1, -0.05) is 29.5 Å². The number of aryl methyl sites for hydroxylation is 1. The van der Waals surface area contributed by atoms with Gasteiger partial charge in [0, 0.05) is 17.2 Å². The third kappa shape index (κ3) is 5.69. The third-order valence-electron chi connectivity index (χ3n) is 4.76. The van der Waals surface area contributed by atoms with E-state index in [0.717, 1.165) is 29.5 Å². The SMILES string of the molecule is CCOC(=O)C1=C(O)/C(=C\c2cc([N+](=O)[O-])cc(OCC)c2O)SC1=NC(=O)c1ccc(C)cc1. The molecule has 2 N–H and O–H groups in total. The number of aliphatic hydroxyl groups excluding tert-OH is 1. The Labute approximate surface area is 204 Å². The average molecular weight is 499 g/mol. The second kappa shape index (κ2) is 10.9. The molecule has 0 atom stereocenters. The largest absolute Gasteiger partial charge is 0.506 e. The molecule has 0 unspecified atom stereocenters. The van der Waals surface area contributed by atoms with Gasteiger partial charge in [-0.15, -0.1) is 0 Å². The van der Waals surface area contributed by atoms with Crippen LogP contribution in [0.1, 0.15) is 35.3 Å². The number of rotatable bonds is 7. The van der Waals surface area contributed by atoms with Crippen LogP contribution in [0.5, 0.6) is 11.5 Å². The van der Waals surface area contributed by atoms with Crippen LogP contribution in [0.15, 0.2) is 57.6 Å². The average Bonchev–Trinajstić information content (AvgIpc) is 3.11. The molecule has 1 aliphatic heterocycles. The van der Waals surface area contributed by atoms with Gasteiger partial charge in [-0.25, -0.2) is 9.79 Å². The van der Waals surface area contributed by atoms with E-state index in [9.17, 15) is 29.9 Å². The van der Waals surface area contributed by atoms with Crippen molar-refractivity contribution in [3.8, 4) is 11.5 Å². The maximum Gasteiger partial charge on any atom is 0.344 e. The Hall–Kier alpha value is -4.12. The Morgan fingerprint density at radius 3 is 2.43 bits per heavy atom. The smallest absolute Gasteiger partial charge is 0.344 e. The molecule has 35 heavy (non-hydrogen) atoms. The Balaban J connectivity index is 2.10. The summed E-state index contributed by atoms with van der Waals surface area (Å²) in [7, 11) is 0. The van der Waals surface area contributed by atoms with Crippen molar-refractivity contribution in [1.29, 1.82) is 0 Å². The quantitative estimate of drug-likeness (QED) is 0.314. The van der Waals surface area contributed by atoms with Crippen molar-refractivity contribution in [1.82, 2.24) is 0 Å². The Morgan fingerprint density at radius 2 is 1.83 bits per heavy atom. The van der Waals surface area contributed by atoms with Crippen molar-refractivity contribution < 1.29 is 34.2 Å². The normalized spacial score (nSPS) is 15.5. The van der Waals surface area contributed by atoms with E-state index < -0.39 is 28.3 Å². The number of amides is 1. The lowest BCUT2D eigenvalue weighted by Crippen LogP contribution is -2.14. The van der Waals surface area contributed by atoms with E-state index in [0.29, 0.717) is 0 Å². The molecule has 10 nitrogen and oxygen atoms in total. The summed E-state index contributed by atoms with van der Waals surface area (Å²) in [5.74, 6) is -2.58. The number of phenolic OH excluding ortho intramolecular Hbond substituents is 1. The summed E-state index contributed by atoms with van der Waals surface area (Å²) in [5, 5.41) is 32.6. The summed E-state index contributed by atoms with van der Waals surface area (Å²) in [6.07, 6.45) is 1.24. The number of benzene rings is 2. The monoisotopic (exact) mass is 498 g/mol. The molecule has 3 rings (SSSR count). The van der Waals surface area contributed by atoms with Gasteiger partial charge in [0.15, 0.2) is 11.5 Å². The molecule has 1 heterocycles. The number of thioether (sulfide) groups is 1. The molecule has 0 saturated carbocycles. The Morgan fingerprint density at radius 1 is 1.14 bits per heavy atom. The lowest BCUT2D eigenvalue weighted by Gasteiger charge is -2.09. The molecule has 1 amide bonds. The fourth-order valence-corrected chi connectivity index (χ4v) is 4.08. The molecule has 2 aromatic rings. The zero-order valence-corrected chi connectivity index (χ0v) is 19.9. The van der Waals surface area contributed by atoms with Crippen LogP contribution in [-0.4, -0.2) is 45.3 Å². The number of aliphatic imine (C=N–C) groups is 1. The lowest BCUT2D eigenvalue weighted by molar-refractivity contribution is -0.385. The summed E-state index contributed by atoms with van der Waals surface area (Å²) in [5.41, 5.74) is 0.521. The van der Waals surface area contributed by atoms with E-state index in [1.54, 1.807) is 38.1 Å². The highest BCUT2D eigenvalue weighted by molar-refractivity contribution is 8.18. The fraction of sp³-hybridized carbons (Fsp3) is 0.208. The number of hydrogen-bond donors (Lipinski definition) is 2. The third-order valence-corrected chi connectivity index (χ3v) is 5.78. The number of aliphatic hydroxyl groups is 1. The zero-order valence-electron chi connectivity index (χ0n) is 19.1. The molecule has 182 valence electrons. The van der Waals surface area contributed by atoms with Crippen molar-refractivity contribution in [3.63, 3.8) is 0 Å². The minimum Gasteiger partial charge on any atom is -0.506 e. The molecular weight excluding hydrogens is 476 g/mol. The molecule has 0 aliphatic carbocycles. The van der Waals surface area contributed by atoms with Crippen molar-refractivity contribution in [3.05, 3.63) is 79.4 Å². The topological polar surface area (TPSA) is 149 Å². The predicted molar refractivity (Wildman–Crippen MR) is 131 cm³/mol. The predicted octanol–water partition coefficient (Wildman–Crippen LogP) is 4.71. The van der Waals surface area contributed by atoms with Crippen LogP contribution >= 0.6 is 11.8 Å². The van der Waals surface area contributed by atoms with E-state index >= 15 is 0 Å². The number of phenols is 1. The van der Waals surface area contributed by atoms with Gasteiger partial charge in [0.05, 0.1) is 29.1 Å². The second-order valence-electron chi connectivity index (χ2n) is 7.21. The molecule has 0 aromatic heterocycles. The van der Waals surface area contributed by atoms with Crippen molar-refractivity contribution in [2.45, 2.75) is 20.8 Å². The number of nitro groups is 1. The minimum absolute atomic E-state index is 0.0158. The van der Waals surface area contributed by atoms with Gasteiger partial charge < -0.3 is 19.7 Å². The summed E-state index contributed by atoms with van der Waals surface area (Å²) >= 11 is 0.788. The van der Waals surface area contributed by atoms with Crippen LogP contribution < -0.4 is 4.74 Å². The molecule has 2 aromatic carbocycles. The standard InChI is InChI=1S/C24H22N2O8S/c1-4-33-17-12-16(26(31)32)10-15(20(17)27)11-18-21(28)19(24(30)34-5-2)23(35-18)25-22(29)14-8-6-13(3)7-9-14/h6-12,27-28H,4-5H2,1-3H3/b18-11+,25-23?. The number of aromatic hydroxyl groups is 1. The molecule has 0 spiro atoms. The van der Waals surface area contributed by atoms with Crippen molar-refractivity contribution >= 4 is 40.4 Å². The number of hydrogen-bond acceptors (Lipinski definition) is 9. The van der Waals surface area contributed by atoms with Gasteiger partial charge in [-0.05, 0) is 39.0 Å². The zero-order chi connectivity index (χ0) is 25.7. The number of non-ortho nitro benzene ring substituents is 1. The van der Waals surface area contributed by atoms with Crippen LogP contribution in [0, 0.1) is 17.0 Å². The van der Waals surface area contributed by atoms with Gasteiger partial charge in [-0.3, -0.25) is 14.9 Å². The van der Waals surface area contributed by atoms with Gasteiger partial charge >= 0.3 is 5.97 Å². The van der Waals surface area contributed by atoms with E-state index in [4.69, 9.17) is 9.47 Å². The van der Waals surface area contributed by atoms with Crippen molar-refractivity contribution in [2.24, 2.45) is 4.99 Å². The van der Waals surface area contributed by atoms with Crippen LogP contribution in [-0.2, 0) is 9.53 Å². The summed E-state index contributed by atoms with van der Waals surface area (Å²) in [6.45, 7) is 5.26. The number of carbonyl (C=O) groups is 2. The highest BCUT2D eigenvalue weighted by Crippen LogP contribution is 2.42. The molecule has 0 bridgehead atoms. The number of nitrogens with zero attached hydrogens (tertiary/aromatic N) is 2. The molecule has 11 heteroatoms. The summed E-state index contributed by atoms with van der Waals surface area (Å²) < 4.78 is 10.3. The molecule has 0 saturated heterocycles. The Kier molecular flexibility index (Phi) is 7.92. The fourth-order valence-electron chi connectivity index (χ4n) is 3.08. The highest BCUT2D eigenvalue weighted by Gasteiger charge is 2.34. The first kappa shape index (κ1) is 25.5. The van der Waals surface area contributed by atoms with Gasteiger partial charge in [0.1, 0.15) is 16.4 Å². The maximum atomic E-state index is 12.7. The first-order chi connectivity index (χ1) is 16.7. The van der Waals surface area contributed by atoms with Crippen LogP contribution in [0.4, 0.5) is 5.69 Å². The number of ether oxygens (including phenoxy) is 2. The first-order valence-electron chi connectivity index (χ1n) is 10.5. The molecule has 1 aliphatic rings. The van der Waals surface area contributed by atoms with Gasteiger partial charge in [0.25, 0.3) is 11.6 Å². The number of carbonyl (C=O) groups excluding carboxylic acids is 2. The molecular formula is C24H22N2O8S. The van der Waals surface area contributed by atoms with E-state index in [1.165, 1.54) is 6.08 Å². The number of nitro benzene ring substituents is 1. The second-order valence-corrected chi connectivity index (χ2v) is 8.25. The summed E-state index contributed by atoms with van der Waals surface area (Å²) in [4.78, 5) is 39.9. The lowest BCUT2D eigenvalue weighted by atomic mass is 10.1. The minimum atomic E-state index is -0.894. The van der Waals surface area contributed by atoms with Crippen molar-refractivity contribution in [2.75, 3.05) is 13.2 Å². The summed E-state index contributed by atoms with van der Waals surface area (Å²) in [6, 6.07) is 8.82. The Bertz CT molecular complexity index is 1280. The van der Waals surface area contributed by atoms with Crippen LogP contribution in [0.25, 0.3) is 6.08 Å². The number of esters is 1. The van der Waals surface area contributed by atoms with E-state index in [1.807, 2.05) is 6.92 Å². The van der Waals surface area contributed by atoms with Crippen LogP contribution in [0.2, 0.25) is 0 Å². The maximum absolute atomic E-state index is 12.7. The highest BCUT2D eigenvalue weighted by atomic mass is 32.2. The van der Waals surface area contributed by atoms with E-state index in [2.05, 4.69) is 4.99 Å².